The van der Waals surface area contributed by atoms with Crippen molar-refractivity contribution in [3.63, 3.8) is 0 Å². The highest BCUT2D eigenvalue weighted by atomic mass is 35.5. The van der Waals surface area contributed by atoms with E-state index in [1.54, 1.807) is 13.1 Å². The van der Waals surface area contributed by atoms with Gasteiger partial charge < -0.3 is 10.2 Å². The van der Waals surface area contributed by atoms with E-state index < -0.39 is 23.3 Å². The van der Waals surface area contributed by atoms with E-state index in [0.29, 0.717) is 29.3 Å². The minimum absolute atomic E-state index is 0.332. The standard InChI is InChI=1S/C21H23ClFN3O3S/c1-3-4-11-21(14-5-7-15(23)8-6-14)19(28)26(20(29)24-21)13-18(27)25(2)12-16-9-10-17(22)30-16/h5-10H,3-4,11-13H2,1-2H3,(H,24,29)/t21-/m0/s1. The van der Waals surface area contributed by atoms with Gasteiger partial charge in [-0.2, -0.15) is 0 Å². The average Bonchev–Trinajstić information content (AvgIpc) is 3.23. The lowest BCUT2D eigenvalue weighted by Gasteiger charge is -2.27. The van der Waals surface area contributed by atoms with Crippen molar-refractivity contribution in [2.24, 2.45) is 0 Å². The van der Waals surface area contributed by atoms with E-state index in [2.05, 4.69) is 5.32 Å². The van der Waals surface area contributed by atoms with Gasteiger partial charge in [0.05, 0.1) is 10.9 Å². The third-order valence-electron chi connectivity index (χ3n) is 5.16. The average molecular weight is 452 g/mol. The van der Waals surface area contributed by atoms with Crippen LogP contribution in [0.4, 0.5) is 9.18 Å². The zero-order valence-electron chi connectivity index (χ0n) is 16.8. The molecule has 1 fully saturated rings. The first kappa shape index (κ1) is 22.2. The zero-order valence-corrected chi connectivity index (χ0v) is 18.4. The lowest BCUT2D eigenvalue weighted by Crippen LogP contribution is -2.45. The van der Waals surface area contributed by atoms with E-state index in [1.165, 1.54) is 40.5 Å². The number of benzene rings is 1. The Morgan fingerprint density at radius 3 is 2.53 bits per heavy atom. The number of halogens is 2. The molecule has 1 aromatic carbocycles. The number of likely N-dealkylation sites (N-methyl/N-ethyl adjacent to an activating group) is 1. The van der Waals surface area contributed by atoms with Crippen LogP contribution in [0.15, 0.2) is 36.4 Å². The molecule has 1 aliphatic heterocycles. The van der Waals surface area contributed by atoms with Gasteiger partial charge in [0.2, 0.25) is 5.91 Å². The van der Waals surface area contributed by atoms with Crippen LogP contribution in [0.25, 0.3) is 0 Å². The first-order chi connectivity index (χ1) is 14.3. The van der Waals surface area contributed by atoms with Gasteiger partial charge in [0.1, 0.15) is 17.9 Å². The van der Waals surface area contributed by atoms with Crippen LogP contribution in [-0.4, -0.2) is 41.2 Å². The Morgan fingerprint density at radius 2 is 1.93 bits per heavy atom. The summed E-state index contributed by atoms with van der Waals surface area (Å²) in [6.07, 6.45) is 1.87. The number of amides is 4. The van der Waals surface area contributed by atoms with Crippen molar-refractivity contribution < 1.29 is 18.8 Å². The summed E-state index contributed by atoms with van der Waals surface area (Å²) in [6, 6.07) is 8.48. The van der Waals surface area contributed by atoms with Crippen LogP contribution in [0.3, 0.4) is 0 Å². The summed E-state index contributed by atoms with van der Waals surface area (Å²) >= 11 is 7.29. The Bertz CT molecular complexity index is 949. The topological polar surface area (TPSA) is 69.7 Å². The fourth-order valence-corrected chi connectivity index (χ4v) is 4.61. The number of carbonyl (C=O) groups is 3. The predicted octanol–water partition coefficient (Wildman–Crippen LogP) is 4.14. The smallest absolute Gasteiger partial charge is 0.325 e. The van der Waals surface area contributed by atoms with Crippen LogP contribution in [0.2, 0.25) is 4.34 Å². The van der Waals surface area contributed by atoms with Gasteiger partial charge >= 0.3 is 6.03 Å². The molecule has 6 nitrogen and oxygen atoms in total. The summed E-state index contributed by atoms with van der Waals surface area (Å²) in [4.78, 5) is 41.9. The van der Waals surface area contributed by atoms with Crippen molar-refractivity contribution in [2.75, 3.05) is 13.6 Å². The van der Waals surface area contributed by atoms with Gasteiger partial charge in [-0.15, -0.1) is 11.3 Å². The molecule has 0 saturated carbocycles. The molecule has 160 valence electrons. The number of carbonyl (C=O) groups excluding carboxylic acids is 3. The number of urea groups is 1. The van der Waals surface area contributed by atoms with Crippen LogP contribution < -0.4 is 5.32 Å². The molecule has 4 amide bonds. The van der Waals surface area contributed by atoms with Crippen molar-refractivity contribution in [3.05, 3.63) is 57.0 Å². The van der Waals surface area contributed by atoms with Gasteiger partial charge in [0.25, 0.3) is 5.91 Å². The van der Waals surface area contributed by atoms with Gasteiger partial charge in [-0.1, -0.05) is 43.5 Å². The molecule has 1 atom stereocenters. The number of rotatable bonds is 8. The van der Waals surface area contributed by atoms with Gasteiger partial charge in [-0.3, -0.25) is 14.5 Å². The predicted molar refractivity (Wildman–Crippen MR) is 114 cm³/mol. The molecular formula is C21H23ClFN3O3S. The molecule has 1 aliphatic rings. The molecule has 1 aromatic heterocycles. The lowest BCUT2D eigenvalue weighted by molar-refractivity contribution is -0.139. The Morgan fingerprint density at radius 1 is 1.23 bits per heavy atom. The second kappa shape index (κ2) is 9.14. The summed E-state index contributed by atoms with van der Waals surface area (Å²) < 4.78 is 14.0. The van der Waals surface area contributed by atoms with Crippen LogP contribution >= 0.6 is 22.9 Å². The van der Waals surface area contributed by atoms with Crippen LogP contribution in [0.1, 0.15) is 36.6 Å². The summed E-state index contributed by atoms with van der Waals surface area (Å²) in [5.74, 6) is -1.29. The zero-order chi connectivity index (χ0) is 21.9. The second-order valence-corrected chi connectivity index (χ2v) is 9.09. The molecule has 0 aliphatic carbocycles. The molecule has 0 radical (unpaired) electrons. The van der Waals surface area contributed by atoms with E-state index in [0.717, 1.165) is 16.2 Å². The first-order valence-corrected chi connectivity index (χ1v) is 10.8. The number of thiophene rings is 1. The Kier molecular flexibility index (Phi) is 6.77. The summed E-state index contributed by atoms with van der Waals surface area (Å²) in [5, 5.41) is 2.76. The number of nitrogens with one attached hydrogen (secondary N) is 1. The maximum Gasteiger partial charge on any atom is 0.325 e. The van der Waals surface area contributed by atoms with Crippen molar-refractivity contribution in [1.29, 1.82) is 0 Å². The number of unbranched alkanes of at least 4 members (excludes halogenated alkanes) is 1. The Balaban J connectivity index is 1.78. The fourth-order valence-electron chi connectivity index (χ4n) is 3.47. The Hall–Kier alpha value is -2.45. The normalized spacial score (nSPS) is 18.6. The van der Waals surface area contributed by atoms with E-state index in [9.17, 15) is 18.8 Å². The van der Waals surface area contributed by atoms with Gasteiger partial charge in [-0.25, -0.2) is 9.18 Å². The third kappa shape index (κ3) is 4.49. The Labute approximate surface area is 183 Å². The van der Waals surface area contributed by atoms with E-state index in [1.807, 2.05) is 13.0 Å². The highest BCUT2D eigenvalue weighted by Crippen LogP contribution is 2.34. The van der Waals surface area contributed by atoms with Crippen molar-refractivity contribution >= 4 is 40.8 Å². The number of hydrogen-bond donors (Lipinski definition) is 1. The fraction of sp³-hybridized carbons (Fsp3) is 0.381. The van der Waals surface area contributed by atoms with E-state index in [4.69, 9.17) is 11.6 Å². The molecule has 3 rings (SSSR count). The molecule has 2 aromatic rings. The van der Waals surface area contributed by atoms with Crippen LogP contribution in [0.5, 0.6) is 0 Å². The largest absolute Gasteiger partial charge is 0.339 e. The second-order valence-electron chi connectivity index (χ2n) is 7.29. The molecule has 30 heavy (non-hydrogen) atoms. The maximum atomic E-state index is 13.4. The molecule has 2 heterocycles. The van der Waals surface area contributed by atoms with E-state index in [-0.39, 0.29) is 12.5 Å². The molecule has 1 N–H and O–H groups in total. The molecule has 9 heteroatoms. The van der Waals surface area contributed by atoms with Crippen LogP contribution in [0, 0.1) is 5.82 Å². The molecule has 0 bridgehead atoms. The van der Waals surface area contributed by atoms with Gasteiger partial charge in [0.15, 0.2) is 0 Å². The quantitative estimate of drug-likeness (QED) is 0.613. The van der Waals surface area contributed by atoms with Gasteiger partial charge in [-0.05, 0) is 36.2 Å². The minimum Gasteiger partial charge on any atom is -0.339 e. The maximum absolute atomic E-state index is 13.4. The summed E-state index contributed by atoms with van der Waals surface area (Å²) in [7, 11) is 1.61. The van der Waals surface area contributed by atoms with E-state index >= 15 is 0 Å². The highest BCUT2D eigenvalue weighted by molar-refractivity contribution is 7.16. The monoisotopic (exact) mass is 451 g/mol. The molecule has 1 saturated heterocycles. The van der Waals surface area contributed by atoms with Gasteiger partial charge in [0, 0.05) is 11.9 Å². The molecular weight excluding hydrogens is 429 g/mol. The van der Waals surface area contributed by atoms with Crippen molar-refractivity contribution in [2.45, 2.75) is 38.3 Å². The number of hydrogen-bond acceptors (Lipinski definition) is 4. The van der Waals surface area contributed by atoms with Crippen molar-refractivity contribution in [1.82, 2.24) is 15.1 Å². The molecule has 0 spiro atoms. The third-order valence-corrected chi connectivity index (χ3v) is 6.37. The number of nitrogens with zero attached hydrogens (tertiary/aromatic N) is 2. The first-order valence-electron chi connectivity index (χ1n) is 9.65. The van der Waals surface area contributed by atoms with Crippen molar-refractivity contribution in [3.8, 4) is 0 Å². The summed E-state index contributed by atoms with van der Waals surface area (Å²) in [5.41, 5.74) is -0.784. The lowest BCUT2D eigenvalue weighted by atomic mass is 9.85. The summed E-state index contributed by atoms with van der Waals surface area (Å²) in [6.45, 7) is 1.95. The van der Waals surface area contributed by atoms with Crippen LogP contribution in [-0.2, 0) is 21.7 Å². The SMILES string of the molecule is CCCC[C@@]1(c2ccc(F)cc2)NC(=O)N(CC(=O)N(C)Cc2ccc(Cl)s2)C1=O. The number of imide groups is 1. The minimum atomic E-state index is -1.29. The highest BCUT2D eigenvalue weighted by Gasteiger charge is 2.52. The molecule has 0 unspecified atom stereocenters.